The van der Waals surface area contributed by atoms with Crippen LogP contribution in [0.3, 0.4) is 0 Å². The van der Waals surface area contributed by atoms with Crippen molar-refractivity contribution < 1.29 is 20.1 Å². The highest BCUT2D eigenvalue weighted by molar-refractivity contribution is 5.94. The number of benzene rings is 1. The van der Waals surface area contributed by atoms with Gasteiger partial charge in [0.15, 0.2) is 0 Å². The van der Waals surface area contributed by atoms with Crippen LogP contribution in [-0.4, -0.2) is 21.3 Å². The summed E-state index contributed by atoms with van der Waals surface area (Å²) in [6.45, 7) is 9.76. The Kier molecular flexibility index (Phi) is 7.08. The van der Waals surface area contributed by atoms with Gasteiger partial charge in [0.2, 0.25) is 0 Å². The number of aromatic hydroxyl groups is 2. The molecule has 0 spiro atoms. The predicted octanol–water partition coefficient (Wildman–Crippen LogP) is 5.15. The van der Waals surface area contributed by atoms with Crippen LogP contribution in [0.25, 0.3) is 0 Å². The summed E-state index contributed by atoms with van der Waals surface area (Å²) in [6, 6.07) is 1.45. The molecule has 0 amide bonds. The summed E-state index contributed by atoms with van der Waals surface area (Å²) in [5, 5.41) is 29.9. The molecule has 0 atom stereocenters. The summed E-state index contributed by atoms with van der Waals surface area (Å²) < 4.78 is 0. The van der Waals surface area contributed by atoms with E-state index < -0.39 is 5.97 Å². The quantitative estimate of drug-likeness (QED) is 0.603. The zero-order valence-corrected chi connectivity index (χ0v) is 15.2. The molecule has 0 fully saturated rings. The van der Waals surface area contributed by atoms with Crippen molar-refractivity contribution in [3.05, 3.63) is 46.1 Å². The Bertz CT molecular complexity index is 663. The third-order valence-electron chi connectivity index (χ3n) is 3.99. The van der Waals surface area contributed by atoms with Crippen molar-refractivity contribution in [3.8, 4) is 11.5 Å². The first-order valence-corrected chi connectivity index (χ1v) is 8.25. The Labute approximate surface area is 144 Å². The standard InChI is InChI=1S/C20H28O4/c1-12(2)7-6-8-14(5)9-10-15-17(21)11-16(13(3)4)18(19(15)22)20(23)24/h7,9,11,13,21-22H,6,8,10H2,1-5H3,(H,23,24)/b14-9+. The van der Waals surface area contributed by atoms with Crippen LogP contribution in [0.4, 0.5) is 0 Å². The van der Waals surface area contributed by atoms with Crippen LogP contribution in [0.2, 0.25) is 0 Å². The Morgan fingerprint density at radius 1 is 1.17 bits per heavy atom. The SMILES string of the molecule is CC(C)=CCC/C(C)=C/Cc1c(O)cc(C(C)C)c(C(=O)O)c1O. The third-order valence-corrected chi connectivity index (χ3v) is 3.99. The normalized spacial score (nSPS) is 11.7. The molecular weight excluding hydrogens is 304 g/mol. The Hall–Kier alpha value is -2.23. The predicted molar refractivity (Wildman–Crippen MR) is 96.9 cm³/mol. The summed E-state index contributed by atoms with van der Waals surface area (Å²) in [4.78, 5) is 11.5. The van der Waals surface area contributed by atoms with Crippen LogP contribution in [0.15, 0.2) is 29.4 Å². The highest BCUT2D eigenvalue weighted by atomic mass is 16.4. The van der Waals surface area contributed by atoms with Gasteiger partial charge in [0.25, 0.3) is 0 Å². The van der Waals surface area contributed by atoms with Crippen LogP contribution < -0.4 is 0 Å². The molecule has 0 saturated heterocycles. The molecule has 3 N–H and O–H groups in total. The Balaban J connectivity index is 3.10. The second kappa shape index (κ2) is 8.57. The van der Waals surface area contributed by atoms with E-state index in [2.05, 4.69) is 19.9 Å². The number of rotatable bonds is 7. The van der Waals surface area contributed by atoms with Gasteiger partial charge < -0.3 is 15.3 Å². The first-order chi connectivity index (χ1) is 11.1. The monoisotopic (exact) mass is 332 g/mol. The molecule has 0 aliphatic heterocycles. The fraction of sp³-hybridized carbons (Fsp3) is 0.450. The summed E-state index contributed by atoms with van der Waals surface area (Å²) in [6.07, 6.45) is 6.22. The number of carboxylic acid groups (broad SMARTS) is 1. The number of carboxylic acids is 1. The maximum absolute atomic E-state index is 11.5. The first-order valence-electron chi connectivity index (χ1n) is 8.25. The minimum atomic E-state index is -1.18. The molecule has 0 saturated carbocycles. The maximum Gasteiger partial charge on any atom is 0.339 e. The van der Waals surface area contributed by atoms with Gasteiger partial charge in [-0.1, -0.05) is 37.1 Å². The second-order valence-corrected chi connectivity index (χ2v) is 6.72. The molecule has 132 valence electrons. The van der Waals surface area contributed by atoms with Gasteiger partial charge in [-0.3, -0.25) is 0 Å². The van der Waals surface area contributed by atoms with Crippen molar-refractivity contribution >= 4 is 5.97 Å². The van der Waals surface area contributed by atoms with Crippen LogP contribution in [0, 0.1) is 0 Å². The van der Waals surface area contributed by atoms with E-state index in [1.807, 2.05) is 26.8 Å². The van der Waals surface area contributed by atoms with Gasteiger partial charge in [0.05, 0.1) is 0 Å². The zero-order chi connectivity index (χ0) is 18.4. The molecule has 0 heterocycles. The lowest BCUT2D eigenvalue weighted by molar-refractivity contribution is 0.0691. The van der Waals surface area contributed by atoms with Crippen LogP contribution in [-0.2, 0) is 6.42 Å². The molecule has 0 unspecified atom stereocenters. The highest BCUT2D eigenvalue weighted by Crippen LogP contribution is 2.37. The van der Waals surface area contributed by atoms with Crippen molar-refractivity contribution in [3.63, 3.8) is 0 Å². The first kappa shape index (κ1) is 19.8. The molecule has 0 aliphatic rings. The number of allylic oxidation sites excluding steroid dienone is 4. The topological polar surface area (TPSA) is 77.8 Å². The highest BCUT2D eigenvalue weighted by Gasteiger charge is 2.23. The number of carbonyl (C=O) groups is 1. The molecule has 24 heavy (non-hydrogen) atoms. The van der Waals surface area contributed by atoms with E-state index >= 15 is 0 Å². The number of phenolic OH excluding ortho intramolecular Hbond substituents is 1. The summed E-state index contributed by atoms with van der Waals surface area (Å²) >= 11 is 0. The number of hydrogen-bond donors (Lipinski definition) is 3. The lowest BCUT2D eigenvalue weighted by Gasteiger charge is -2.16. The minimum Gasteiger partial charge on any atom is -0.508 e. The van der Waals surface area contributed by atoms with Crippen LogP contribution in [0.1, 0.15) is 74.9 Å². The Morgan fingerprint density at radius 2 is 1.79 bits per heavy atom. The van der Waals surface area contributed by atoms with Crippen LogP contribution >= 0.6 is 0 Å². The zero-order valence-electron chi connectivity index (χ0n) is 15.2. The molecular formula is C20H28O4. The van der Waals surface area contributed by atoms with Crippen molar-refractivity contribution in [2.75, 3.05) is 0 Å². The van der Waals surface area contributed by atoms with E-state index in [4.69, 9.17) is 0 Å². The van der Waals surface area contributed by atoms with Gasteiger partial charge in [-0.2, -0.15) is 0 Å². The van der Waals surface area contributed by atoms with Gasteiger partial charge in [-0.05, 0) is 57.6 Å². The van der Waals surface area contributed by atoms with E-state index in [9.17, 15) is 20.1 Å². The van der Waals surface area contributed by atoms with Crippen molar-refractivity contribution in [2.45, 2.75) is 59.8 Å². The fourth-order valence-corrected chi connectivity index (χ4v) is 2.56. The number of phenols is 2. The molecule has 1 rings (SSSR count). The average molecular weight is 332 g/mol. The van der Waals surface area contributed by atoms with E-state index in [1.165, 1.54) is 11.6 Å². The fourth-order valence-electron chi connectivity index (χ4n) is 2.56. The molecule has 1 aromatic carbocycles. The van der Waals surface area contributed by atoms with E-state index in [-0.39, 0.29) is 28.5 Å². The van der Waals surface area contributed by atoms with Gasteiger partial charge in [-0.15, -0.1) is 0 Å². The van der Waals surface area contributed by atoms with Gasteiger partial charge in [-0.25, -0.2) is 4.79 Å². The van der Waals surface area contributed by atoms with Crippen molar-refractivity contribution in [1.82, 2.24) is 0 Å². The molecule has 0 radical (unpaired) electrons. The van der Waals surface area contributed by atoms with Gasteiger partial charge in [0.1, 0.15) is 17.1 Å². The van der Waals surface area contributed by atoms with E-state index in [1.54, 1.807) is 0 Å². The largest absolute Gasteiger partial charge is 0.508 e. The molecule has 4 heteroatoms. The van der Waals surface area contributed by atoms with Gasteiger partial charge in [0, 0.05) is 5.56 Å². The van der Waals surface area contributed by atoms with Gasteiger partial charge >= 0.3 is 5.97 Å². The maximum atomic E-state index is 11.5. The smallest absolute Gasteiger partial charge is 0.339 e. The van der Waals surface area contributed by atoms with Crippen molar-refractivity contribution in [2.24, 2.45) is 0 Å². The molecule has 0 bridgehead atoms. The third kappa shape index (κ3) is 5.15. The molecule has 1 aromatic rings. The summed E-state index contributed by atoms with van der Waals surface area (Å²) in [5.74, 6) is -1.68. The van der Waals surface area contributed by atoms with Crippen LogP contribution in [0.5, 0.6) is 11.5 Å². The van der Waals surface area contributed by atoms with E-state index in [0.29, 0.717) is 12.0 Å². The Morgan fingerprint density at radius 3 is 2.29 bits per heavy atom. The van der Waals surface area contributed by atoms with Crippen molar-refractivity contribution in [1.29, 1.82) is 0 Å². The van der Waals surface area contributed by atoms with E-state index in [0.717, 1.165) is 18.4 Å². The lowest BCUT2D eigenvalue weighted by Crippen LogP contribution is -2.06. The lowest BCUT2D eigenvalue weighted by atomic mass is 9.92. The average Bonchev–Trinajstić information content (AvgIpc) is 2.45. The minimum absolute atomic E-state index is 0.0606. The summed E-state index contributed by atoms with van der Waals surface area (Å²) in [7, 11) is 0. The summed E-state index contributed by atoms with van der Waals surface area (Å²) in [5.41, 5.74) is 2.99. The molecule has 4 nitrogen and oxygen atoms in total. The number of hydrogen-bond acceptors (Lipinski definition) is 3. The number of aromatic carboxylic acids is 1. The second-order valence-electron chi connectivity index (χ2n) is 6.72. The molecule has 0 aromatic heterocycles. The molecule has 0 aliphatic carbocycles.